The van der Waals surface area contributed by atoms with Gasteiger partial charge in [0.05, 0.1) is 17.1 Å². The van der Waals surface area contributed by atoms with Gasteiger partial charge in [0.25, 0.3) is 0 Å². The Balaban J connectivity index is 1.96. The van der Waals surface area contributed by atoms with Crippen molar-refractivity contribution in [1.82, 2.24) is 0 Å². The maximum absolute atomic E-state index is 12.8. The van der Waals surface area contributed by atoms with Crippen LogP contribution in [0.2, 0.25) is 0 Å². The van der Waals surface area contributed by atoms with Gasteiger partial charge >= 0.3 is 5.97 Å². The number of carboxylic acid groups (broad SMARTS) is 1. The Morgan fingerprint density at radius 3 is 2.54 bits per heavy atom. The molecule has 1 atom stereocenters. The van der Waals surface area contributed by atoms with Crippen LogP contribution in [0, 0.1) is 18.8 Å². The van der Waals surface area contributed by atoms with Gasteiger partial charge in [-0.15, -0.1) is 11.3 Å². The van der Waals surface area contributed by atoms with Crippen molar-refractivity contribution in [1.29, 1.82) is 0 Å². The molecule has 1 saturated heterocycles. The van der Waals surface area contributed by atoms with Crippen molar-refractivity contribution in [3.05, 3.63) is 57.3 Å². The van der Waals surface area contributed by atoms with Crippen molar-refractivity contribution in [3.63, 3.8) is 0 Å². The van der Waals surface area contributed by atoms with Gasteiger partial charge < -0.3 is 5.11 Å². The van der Waals surface area contributed by atoms with E-state index in [9.17, 15) is 18.3 Å². The summed E-state index contributed by atoms with van der Waals surface area (Å²) < 4.78 is 24.2. The SMILES string of the molecule is Cc1ccc(C#Cc2ccc([C@@]3(CC(=O)O)CCCCS3(=O)=O)s2)cc1. The summed E-state index contributed by atoms with van der Waals surface area (Å²) in [6, 6.07) is 11.4. The Kier molecular flexibility index (Phi) is 5.22. The first kappa shape index (κ1) is 18.7. The van der Waals surface area contributed by atoms with Gasteiger partial charge in [-0.3, -0.25) is 4.79 Å². The van der Waals surface area contributed by atoms with Gasteiger partial charge in [0, 0.05) is 10.4 Å². The first-order chi connectivity index (χ1) is 12.3. The van der Waals surface area contributed by atoms with Gasteiger partial charge in [-0.2, -0.15) is 0 Å². The van der Waals surface area contributed by atoms with Gasteiger partial charge in [0.1, 0.15) is 4.75 Å². The van der Waals surface area contributed by atoms with E-state index in [-0.39, 0.29) is 12.2 Å². The molecule has 4 nitrogen and oxygen atoms in total. The largest absolute Gasteiger partial charge is 0.481 e. The number of sulfone groups is 1. The van der Waals surface area contributed by atoms with Crippen LogP contribution in [-0.2, 0) is 19.4 Å². The number of hydrogen-bond donors (Lipinski definition) is 1. The van der Waals surface area contributed by atoms with Crippen LogP contribution in [0.25, 0.3) is 0 Å². The Morgan fingerprint density at radius 2 is 1.88 bits per heavy atom. The average Bonchev–Trinajstić information content (AvgIpc) is 3.05. The van der Waals surface area contributed by atoms with Gasteiger partial charge in [0.15, 0.2) is 9.84 Å². The van der Waals surface area contributed by atoms with Gasteiger partial charge in [-0.25, -0.2) is 8.42 Å². The van der Waals surface area contributed by atoms with Crippen LogP contribution >= 0.6 is 11.3 Å². The summed E-state index contributed by atoms with van der Waals surface area (Å²) in [5.74, 6) is 5.09. The summed E-state index contributed by atoms with van der Waals surface area (Å²) in [6.07, 6.45) is 1.28. The quantitative estimate of drug-likeness (QED) is 0.814. The smallest absolute Gasteiger partial charge is 0.305 e. The predicted molar refractivity (Wildman–Crippen MR) is 103 cm³/mol. The molecule has 26 heavy (non-hydrogen) atoms. The zero-order chi connectivity index (χ0) is 18.8. The Labute approximate surface area is 157 Å². The minimum absolute atomic E-state index is 0.0442. The molecular weight excluding hydrogens is 368 g/mol. The van der Waals surface area contributed by atoms with E-state index in [0.717, 1.165) is 22.4 Å². The number of aryl methyl sites for hydroxylation is 1. The van der Waals surface area contributed by atoms with E-state index in [2.05, 4.69) is 11.8 Å². The third kappa shape index (κ3) is 3.69. The maximum atomic E-state index is 12.8. The number of aliphatic carboxylic acids is 1. The van der Waals surface area contributed by atoms with Crippen LogP contribution in [0.15, 0.2) is 36.4 Å². The second-order valence-corrected chi connectivity index (χ2v) is 10.1. The summed E-state index contributed by atoms with van der Waals surface area (Å²) in [5, 5.41) is 9.32. The molecule has 1 aromatic carbocycles. The number of benzene rings is 1. The normalized spacial score (nSPS) is 21.6. The molecule has 1 aliphatic rings. The first-order valence-electron chi connectivity index (χ1n) is 8.45. The number of carboxylic acids is 1. The van der Waals surface area contributed by atoms with Crippen LogP contribution in [0.5, 0.6) is 0 Å². The Bertz CT molecular complexity index is 975. The Hall–Kier alpha value is -2.10. The van der Waals surface area contributed by atoms with Crippen LogP contribution in [-0.4, -0.2) is 25.2 Å². The fourth-order valence-corrected chi connectivity index (χ4v) is 6.91. The summed E-state index contributed by atoms with van der Waals surface area (Å²) >= 11 is 1.29. The van der Waals surface area contributed by atoms with Gasteiger partial charge in [-0.05, 0) is 44.0 Å². The first-order valence-corrected chi connectivity index (χ1v) is 10.9. The molecule has 3 rings (SSSR count). The molecule has 1 aliphatic heterocycles. The summed E-state index contributed by atoms with van der Waals surface area (Å²) in [4.78, 5) is 12.7. The van der Waals surface area contributed by atoms with E-state index >= 15 is 0 Å². The van der Waals surface area contributed by atoms with Crippen LogP contribution in [0.4, 0.5) is 0 Å². The molecular formula is C20H20O4S2. The number of carbonyl (C=O) groups is 1. The summed E-state index contributed by atoms with van der Waals surface area (Å²) in [7, 11) is -3.51. The fourth-order valence-electron chi connectivity index (χ4n) is 3.28. The average molecular weight is 389 g/mol. The molecule has 6 heteroatoms. The van der Waals surface area contributed by atoms with Gasteiger partial charge in [0.2, 0.25) is 0 Å². The minimum atomic E-state index is -3.51. The van der Waals surface area contributed by atoms with E-state index in [4.69, 9.17) is 0 Å². The second-order valence-electron chi connectivity index (χ2n) is 6.62. The molecule has 0 saturated carbocycles. The zero-order valence-electron chi connectivity index (χ0n) is 14.5. The lowest BCUT2D eigenvalue weighted by Crippen LogP contribution is -2.41. The molecule has 2 aromatic rings. The predicted octanol–water partition coefficient (Wildman–Crippen LogP) is 3.73. The van der Waals surface area contributed by atoms with E-state index < -0.39 is 20.6 Å². The van der Waals surface area contributed by atoms with Crippen molar-refractivity contribution in [2.45, 2.75) is 37.4 Å². The Morgan fingerprint density at radius 1 is 1.15 bits per heavy atom. The van der Waals surface area contributed by atoms with Crippen molar-refractivity contribution >= 4 is 27.1 Å². The van der Waals surface area contributed by atoms with E-state index in [1.807, 2.05) is 31.2 Å². The molecule has 1 aromatic heterocycles. The van der Waals surface area contributed by atoms with Crippen LogP contribution in [0.3, 0.4) is 0 Å². The maximum Gasteiger partial charge on any atom is 0.305 e. The molecule has 0 unspecified atom stereocenters. The molecule has 1 fully saturated rings. The highest BCUT2D eigenvalue weighted by Crippen LogP contribution is 2.45. The van der Waals surface area contributed by atoms with E-state index in [1.54, 1.807) is 12.1 Å². The number of rotatable bonds is 3. The van der Waals surface area contributed by atoms with Gasteiger partial charge in [-0.1, -0.05) is 36.0 Å². The zero-order valence-corrected chi connectivity index (χ0v) is 16.1. The highest BCUT2D eigenvalue weighted by molar-refractivity contribution is 7.92. The van der Waals surface area contributed by atoms with Crippen molar-refractivity contribution in [3.8, 4) is 11.8 Å². The lowest BCUT2D eigenvalue weighted by Gasteiger charge is -2.34. The molecule has 0 aliphatic carbocycles. The standard InChI is InChI=1S/C20H20O4S2/c1-15-4-6-16(7-5-15)8-9-17-10-11-18(25-17)20(14-19(21)22)12-2-3-13-26(20,23)24/h4-7,10-11H,2-3,12-14H2,1H3,(H,21,22)/t20-/m0/s1. The summed E-state index contributed by atoms with van der Waals surface area (Å²) in [6.45, 7) is 2.01. The van der Waals surface area contributed by atoms with Crippen LogP contribution < -0.4 is 0 Å². The molecule has 0 amide bonds. The lowest BCUT2D eigenvalue weighted by molar-refractivity contribution is -0.137. The lowest BCUT2D eigenvalue weighted by atomic mass is 9.95. The van der Waals surface area contributed by atoms with Crippen LogP contribution in [0.1, 0.15) is 46.6 Å². The third-order valence-electron chi connectivity index (χ3n) is 4.71. The summed E-state index contributed by atoms with van der Waals surface area (Å²) in [5.41, 5.74) is 2.04. The minimum Gasteiger partial charge on any atom is -0.481 e. The van der Waals surface area contributed by atoms with Crippen molar-refractivity contribution < 1.29 is 18.3 Å². The molecule has 2 heterocycles. The highest BCUT2D eigenvalue weighted by Gasteiger charge is 2.49. The molecule has 0 spiro atoms. The van der Waals surface area contributed by atoms with E-state index in [1.165, 1.54) is 11.3 Å². The monoisotopic (exact) mass is 388 g/mol. The number of thiophene rings is 1. The van der Waals surface area contributed by atoms with Crippen molar-refractivity contribution in [2.24, 2.45) is 0 Å². The number of hydrogen-bond acceptors (Lipinski definition) is 4. The third-order valence-corrected chi connectivity index (χ3v) is 8.63. The molecule has 0 radical (unpaired) electrons. The topological polar surface area (TPSA) is 71.4 Å². The molecule has 1 N–H and O–H groups in total. The van der Waals surface area contributed by atoms with E-state index in [0.29, 0.717) is 17.7 Å². The second kappa shape index (κ2) is 7.26. The molecule has 136 valence electrons. The van der Waals surface area contributed by atoms with Crippen molar-refractivity contribution in [2.75, 3.05) is 5.75 Å². The molecule has 0 bridgehead atoms. The fraction of sp³-hybridized carbons (Fsp3) is 0.350. The highest BCUT2D eigenvalue weighted by atomic mass is 32.2.